The number of fused-ring (bicyclic) bond motifs is 1. The minimum atomic E-state index is 0.570. The summed E-state index contributed by atoms with van der Waals surface area (Å²) >= 11 is 18.9. The Kier molecular flexibility index (Phi) is 5.28. The average Bonchev–Trinajstić information content (AvgIpc) is 3.25. The Bertz CT molecular complexity index is 1390. The molecule has 0 fully saturated rings. The summed E-state index contributed by atoms with van der Waals surface area (Å²) in [5.41, 5.74) is 6.37. The van der Waals surface area contributed by atoms with E-state index >= 15 is 0 Å². The van der Waals surface area contributed by atoms with Gasteiger partial charge in [-0.05, 0) is 47.5 Å². The Hall–Kier alpha value is -3.05. The number of pyridine rings is 1. The molecule has 0 bridgehead atoms. The number of nitrogens with one attached hydrogen (secondary N) is 2. The zero-order valence-corrected chi connectivity index (χ0v) is 18.3. The van der Waals surface area contributed by atoms with Gasteiger partial charge in [0, 0.05) is 38.1 Å². The Morgan fingerprint density at radius 3 is 2.39 bits per heavy atom. The fraction of sp³-hybridized carbons (Fsp3) is 0. The number of aromatic nitrogens is 3. The van der Waals surface area contributed by atoms with E-state index in [1.54, 1.807) is 18.5 Å². The van der Waals surface area contributed by atoms with Crippen LogP contribution >= 0.6 is 34.8 Å². The molecule has 0 aliphatic rings. The van der Waals surface area contributed by atoms with Gasteiger partial charge in [-0.2, -0.15) is 5.10 Å². The van der Waals surface area contributed by atoms with Crippen LogP contribution in [0.5, 0.6) is 0 Å². The molecule has 0 spiro atoms. The van der Waals surface area contributed by atoms with Crippen molar-refractivity contribution in [1.82, 2.24) is 15.2 Å². The van der Waals surface area contributed by atoms with E-state index in [0.29, 0.717) is 20.7 Å². The van der Waals surface area contributed by atoms with E-state index < -0.39 is 0 Å². The van der Waals surface area contributed by atoms with Crippen molar-refractivity contribution in [3.05, 3.63) is 94.2 Å². The maximum absolute atomic E-state index is 6.64. The van der Waals surface area contributed by atoms with Crippen LogP contribution in [0.15, 0.2) is 79.1 Å². The molecule has 0 aliphatic heterocycles. The quantitative estimate of drug-likeness (QED) is 0.283. The highest BCUT2D eigenvalue weighted by molar-refractivity contribution is 6.36. The first-order valence-corrected chi connectivity index (χ1v) is 10.6. The highest BCUT2D eigenvalue weighted by Gasteiger charge is 2.17. The Labute approximate surface area is 193 Å². The van der Waals surface area contributed by atoms with Crippen LogP contribution in [0.25, 0.3) is 33.3 Å². The summed E-state index contributed by atoms with van der Waals surface area (Å²) in [6, 6.07) is 21.3. The fourth-order valence-corrected chi connectivity index (χ4v) is 4.24. The summed E-state index contributed by atoms with van der Waals surface area (Å²) in [4.78, 5) is 4.31. The van der Waals surface area contributed by atoms with Crippen LogP contribution < -0.4 is 5.32 Å². The topological polar surface area (TPSA) is 53.6 Å². The SMILES string of the molecule is Clc1ccc(-c2cccc(Nc3ccnc4[nH]ncc34)c2-c2ccc(Cl)cc2Cl)cc1. The first kappa shape index (κ1) is 19.9. The van der Waals surface area contributed by atoms with Gasteiger partial charge in [0.25, 0.3) is 0 Å². The van der Waals surface area contributed by atoms with E-state index in [0.717, 1.165) is 39.0 Å². The molecule has 31 heavy (non-hydrogen) atoms. The second-order valence-electron chi connectivity index (χ2n) is 6.97. The number of aromatic amines is 1. The van der Waals surface area contributed by atoms with Crippen molar-refractivity contribution in [2.24, 2.45) is 0 Å². The maximum Gasteiger partial charge on any atom is 0.157 e. The van der Waals surface area contributed by atoms with Gasteiger partial charge >= 0.3 is 0 Å². The van der Waals surface area contributed by atoms with Crippen LogP contribution in [0.1, 0.15) is 0 Å². The lowest BCUT2D eigenvalue weighted by Crippen LogP contribution is -1.97. The van der Waals surface area contributed by atoms with Crippen LogP contribution in [0, 0.1) is 0 Å². The van der Waals surface area contributed by atoms with Crippen LogP contribution in [0.2, 0.25) is 15.1 Å². The lowest BCUT2D eigenvalue weighted by atomic mass is 9.92. The molecule has 5 rings (SSSR count). The predicted molar refractivity (Wildman–Crippen MR) is 130 cm³/mol. The van der Waals surface area contributed by atoms with Crippen LogP contribution in [-0.2, 0) is 0 Å². The number of rotatable bonds is 4. The molecule has 152 valence electrons. The molecule has 0 atom stereocenters. The van der Waals surface area contributed by atoms with Crippen molar-refractivity contribution in [3.8, 4) is 22.3 Å². The number of H-pyrrole nitrogens is 1. The third-order valence-electron chi connectivity index (χ3n) is 5.04. The summed E-state index contributed by atoms with van der Waals surface area (Å²) < 4.78 is 0. The van der Waals surface area contributed by atoms with Crippen LogP contribution in [0.4, 0.5) is 11.4 Å². The van der Waals surface area contributed by atoms with E-state index in [1.165, 1.54) is 0 Å². The van der Waals surface area contributed by atoms with Gasteiger partial charge in [0.1, 0.15) is 0 Å². The van der Waals surface area contributed by atoms with E-state index in [4.69, 9.17) is 34.8 Å². The zero-order chi connectivity index (χ0) is 21.4. The second-order valence-corrected chi connectivity index (χ2v) is 8.26. The Morgan fingerprint density at radius 2 is 1.58 bits per heavy atom. The summed E-state index contributed by atoms with van der Waals surface area (Å²) in [6.45, 7) is 0. The molecule has 0 amide bonds. The third-order valence-corrected chi connectivity index (χ3v) is 5.84. The molecule has 4 nitrogen and oxygen atoms in total. The van der Waals surface area contributed by atoms with Crippen LogP contribution in [0.3, 0.4) is 0 Å². The number of halogens is 3. The number of nitrogens with zero attached hydrogens (tertiary/aromatic N) is 2. The predicted octanol–water partition coefficient (Wildman–Crippen LogP) is 8.00. The Balaban J connectivity index is 1.73. The largest absolute Gasteiger partial charge is 0.354 e. The second kappa shape index (κ2) is 8.23. The average molecular weight is 466 g/mol. The standard InChI is InChI=1S/C24H15Cl3N4/c25-15-6-4-14(5-7-15)17-2-1-3-22(23(17)18-9-8-16(26)12-20(18)27)30-21-10-11-28-24-19(21)13-29-31-24/h1-13H,(H2,28,29,30,31). The molecule has 5 aromatic rings. The number of hydrogen-bond acceptors (Lipinski definition) is 3. The van der Waals surface area contributed by atoms with Crippen molar-refractivity contribution < 1.29 is 0 Å². The first-order chi connectivity index (χ1) is 15.1. The summed E-state index contributed by atoms with van der Waals surface area (Å²) in [5, 5.41) is 13.3. The van der Waals surface area contributed by atoms with Crippen molar-refractivity contribution in [1.29, 1.82) is 0 Å². The van der Waals surface area contributed by atoms with Crippen LogP contribution in [-0.4, -0.2) is 15.2 Å². The summed E-state index contributed by atoms with van der Waals surface area (Å²) in [5.74, 6) is 0. The smallest absolute Gasteiger partial charge is 0.157 e. The lowest BCUT2D eigenvalue weighted by molar-refractivity contribution is 1.10. The molecule has 0 unspecified atom stereocenters. The molecule has 2 aromatic heterocycles. The molecule has 0 aliphatic carbocycles. The van der Waals surface area contributed by atoms with Crippen molar-refractivity contribution in [2.75, 3.05) is 5.32 Å². The van der Waals surface area contributed by atoms with Gasteiger partial charge in [-0.25, -0.2) is 4.98 Å². The number of benzene rings is 3. The molecule has 0 saturated carbocycles. The van der Waals surface area contributed by atoms with E-state index in [2.05, 4.69) is 26.6 Å². The minimum Gasteiger partial charge on any atom is -0.354 e. The van der Waals surface area contributed by atoms with E-state index in [9.17, 15) is 0 Å². The molecule has 0 radical (unpaired) electrons. The monoisotopic (exact) mass is 464 g/mol. The van der Waals surface area contributed by atoms with Gasteiger partial charge in [0.2, 0.25) is 0 Å². The van der Waals surface area contributed by atoms with Crippen molar-refractivity contribution >= 4 is 57.2 Å². The van der Waals surface area contributed by atoms with Crippen molar-refractivity contribution in [3.63, 3.8) is 0 Å². The van der Waals surface area contributed by atoms with Gasteiger partial charge in [-0.15, -0.1) is 0 Å². The molecule has 7 heteroatoms. The van der Waals surface area contributed by atoms with Gasteiger partial charge in [0.05, 0.1) is 17.3 Å². The minimum absolute atomic E-state index is 0.570. The van der Waals surface area contributed by atoms with Gasteiger partial charge in [-0.3, -0.25) is 5.10 Å². The molecular weight excluding hydrogens is 451 g/mol. The van der Waals surface area contributed by atoms with Gasteiger partial charge < -0.3 is 5.32 Å². The highest BCUT2D eigenvalue weighted by Crippen LogP contribution is 2.43. The zero-order valence-electron chi connectivity index (χ0n) is 16.0. The third kappa shape index (κ3) is 3.86. The highest BCUT2D eigenvalue weighted by atomic mass is 35.5. The maximum atomic E-state index is 6.64. The molecule has 2 N–H and O–H groups in total. The molecule has 3 aromatic carbocycles. The summed E-state index contributed by atoms with van der Waals surface area (Å²) in [7, 11) is 0. The Morgan fingerprint density at radius 1 is 0.774 bits per heavy atom. The normalized spacial score (nSPS) is 11.1. The number of anilines is 2. The molecule has 0 saturated heterocycles. The lowest BCUT2D eigenvalue weighted by Gasteiger charge is -2.18. The van der Waals surface area contributed by atoms with Gasteiger partial charge in [0.15, 0.2) is 5.65 Å². The fourth-order valence-electron chi connectivity index (χ4n) is 3.61. The van der Waals surface area contributed by atoms with Crippen molar-refractivity contribution in [2.45, 2.75) is 0 Å². The van der Waals surface area contributed by atoms with E-state index in [-0.39, 0.29) is 0 Å². The first-order valence-electron chi connectivity index (χ1n) is 9.49. The molecule has 2 heterocycles. The molecular formula is C24H15Cl3N4. The number of hydrogen-bond donors (Lipinski definition) is 2. The van der Waals surface area contributed by atoms with Gasteiger partial charge in [-0.1, -0.05) is 65.1 Å². The van der Waals surface area contributed by atoms with E-state index in [1.807, 2.05) is 54.6 Å². The summed E-state index contributed by atoms with van der Waals surface area (Å²) in [6.07, 6.45) is 3.49.